The Hall–Kier alpha value is -4.12. The van der Waals surface area contributed by atoms with Crippen LogP contribution in [-0.2, 0) is 6.42 Å². The number of ether oxygens (including phenoxy) is 2. The fourth-order valence-corrected chi connectivity index (χ4v) is 4.28. The third-order valence-electron chi connectivity index (χ3n) is 5.84. The number of nitrogens with zero attached hydrogens (tertiary/aromatic N) is 2. The van der Waals surface area contributed by atoms with Gasteiger partial charge >= 0.3 is 0 Å². The molecule has 0 saturated heterocycles. The second-order valence-corrected chi connectivity index (χ2v) is 7.90. The molecule has 2 aliphatic rings. The summed E-state index contributed by atoms with van der Waals surface area (Å²) in [5, 5.41) is 4.88. The van der Waals surface area contributed by atoms with Crippen molar-refractivity contribution in [1.82, 2.24) is 9.78 Å². The van der Waals surface area contributed by atoms with Crippen LogP contribution in [0.1, 0.15) is 21.5 Å². The van der Waals surface area contributed by atoms with Crippen LogP contribution in [0, 0.1) is 0 Å². The average molecular weight is 420 g/mol. The summed E-state index contributed by atoms with van der Waals surface area (Å²) in [6.45, 7) is 1.08. The number of aromatic nitrogens is 2. The Labute approximate surface area is 185 Å². The Balaban J connectivity index is 1.47. The molecule has 0 fully saturated rings. The summed E-state index contributed by atoms with van der Waals surface area (Å²) in [7, 11) is 0. The van der Waals surface area contributed by atoms with Gasteiger partial charge in [0.25, 0.3) is 0 Å². The van der Waals surface area contributed by atoms with Crippen LogP contribution in [0.2, 0.25) is 0 Å². The van der Waals surface area contributed by atoms with Gasteiger partial charge in [-0.2, -0.15) is 5.10 Å². The monoisotopic (exact) mass is 420 g/mol. The Morgan fingerprint density at radius 2 is 1.66 bits per heavy atom. The third kappa shape index (κ3) is 3.19. The Morgan fingerprint density at radius 1 is 0.875 bits per heavy atom. The van der Waals surface area contributed by atoms with E-state index in [4.69, 9.17) is 14.6 Å². The van der Waals surface area contributed by atoms with Crippen molar-refractivity contribution in [2.75, 3.05) is 13.2 Å². The normalized spacial score (nSPS) is 15.8. The lowest BCUT2D eigenvalue weighted by molar-refractivity contribution is 0.104. The molecule has 0 N–H and O–H groups in total. The molecule has 4 aromatic rings. The van der Waals surface area contributed by atoms with Gasteiger partial charge in [0.15, 0.2) is 17.3 Å². The van der Waals surface area contributed by atoms with Crippen LogP contribution in [-0.4, -0.2) is 28.8 Å². The first-order chi connectivity index (χ1) is 15.8. The highest BCUT2D eigenvalue weighted by atomic mass is 16.6. The van der Waals surface area contributed by atoms with E-state index < -0.39 is 0 Å². The second kappa shape index (κ2) is 7.54. The Morgan fingerprint density at radius 3 is 2.50 bits per heavy atom. The number of hydrogen-bond acceptors (Lipinski definition) is 4. The molecule has 0 unspecified atom stereocenters. The number of para-hydroxylation sites is 1. The Kier molecular flexibility index (Phi) is 4.39. The fraction of sp³-hybridized carbons (Fsp3) is 0.111. The number of benzene rings is 3. The molecule has 3 aromatic carbocycles. The number of allylic oxidation sites excluding steroid dienone is 1. The molecule has 6 rings (SSSR count). The molecule has 0 radical (unpaired) electrons. The summed E-state index contributed by atoms with van der Waals surface area (Å²) in [6.07, 6.45) is 4.58. The molecular formula is C27H20N2O3. The zero-order valence-electron chi connectivity index (χ0n) is 17.3. The van der Waals surface area contributed by atoms with Gasteiger partial charge in [0.1, 0.15) is 18.9 Å². The smallest absolute Gasteiger partial charge is 0.189 e. The molecule has 5 heteroatoms. The van der Waals surface area contributed by atoms with Gasteiger partial charge < -0.3 is 9.47 Å². The molecule has 0 bridgehead atoms. The minimum atomic E-state index is 0.0844. The number of fused-ring (bicyclic) bond motifs is 2. The number of hydrogen-bond donors (Lipinski definition) is 0. The summed E-state index contributed by atoms with van der Waals surface area (Å²) >= 11 is 0. The molecule has 1 aliphatic carbocycles. The SMILES string of the molecule is O=C1C(=Cc2cn(-c3ccccc3)nc2-c2ccc3c(c2)OCCO3)Cc2ccccc21. The van der Waals surface area contributed by atoms with Gasteiger partial charge in [-0.1, -0.05) is 42.5 Å². The summed E-state index contributed by atoms with van der Waals surface area (Å²) in [6, 6.07) is 23.6. The first-order valence-corrected chi connectivity index (χ1v) is 10.6. The number of rotatable bonds is 3. The van der Waals surface area contributed by atoms with E-state index in [9.17, 15) is 4.79 Å². The highest BCUT2D eigenvalue weighted by Crippen LogP contribution is 2.36. The van der Waals surface area contributed by atoms with E-state index >= 15 is 0 Å². The van der Waals surface area contributed by atoms with Crippen molar-refractivity contribution in [3.05, 3.63) is 101 Å². The standard InChI is InChI=1S/C27H20N2O3/c30-27-20(14-18-6-4-5-9-23(18)27)15-21-17-29(22-7-2-1-3-8-22)28-26(21)19-10-11-24-25(16-19)32-13-12-31-24/h1-11,15-17H,12-14H2. The van der Waals surface area contributed by atoms with Crippen molar-refractivity contribution >= 4 is 11.9 Å². The molecule has 0 spiro atoms. The maximum Gasteiger partial charge on any atom is 0.189 e. The first-order valence-electron chi connectivity index (χ1n) is 10.6. The van der Waals surface area contributed by atoms with E-state index in [1.165, 1.54) is 0 Å². The minimum Gasteiger partial charge on any atom is -0.486 e. The summed E-state index contributed by atoms with van der Waals surface area (Å²) in [5.74, 6) is 1.54. The minimum absolute atomic E-state index is 0.0844. The lowest BCUT2D eigenvalue weighted by atomic mass is 10.0. The van der Waals surface area contributed by atoms with Gasteiger partial charge in [-0.3, -0.25) is 4.79 Å². The second-order valence-electron chi connectivity index (χ2n) is 7.90. The van der Waals surface area contributed by atoms with Gasteiger partial charge in [-0.05, 0) is 42.0 Å². The highest BCUT2D eigenvalue weighted by molar-refractivity contribution is 6.15. The first kappa shape index (κ1) is 18.6. The van der Waals surface area contributed by atoms with Gasteiger partial charge in [-0.15, -0.1) is 0 Å². The van der Waals surface area contributed by atoms with Crippen LogP contribution in [0.5, 0.6) is 11.5 Å². The molecule has 0 saturated carbocycles. The molecule has 32 heavy (non-hydrogen) atoms. The molecular weight excluding hydrogens is 400 g/mol. The molecule has 5 nitrogen and oxygen atoms in total. The quantitative estimate of drug-likeness (QED) is 0.431. The summed E-state index contributed by atoms with van der Waals surface area (Å²) < 4.78 is 13.3. The van der Waals surface area contributed by atoms with Crippen LogP contribution in [0.25, 0.3) is 23.0 Å². The number of carbonyl (C=O) groups excluding carboxylic acids is 1. The third-order valence-corrected chi connectivity index (χ3v) is 5.84. The van der Waals surface area contributed by atoms with Crippen molar-refractivity contribution in [1.29, 1.82) is 0 Å². The highest BCUT2D eigenvalue weighted by Gasteiger charge is 2.25. The van der Waals surface area contributed by atoms with E-state index in [-0.39, 0.29) is 5.78 Å². The van der Waals surface area contributed by atoms with E-state index in [1.54, 1.807) is 0 Å². The number of Topliss-reactive ketones (excluding diaryl/α,β-unsaturated/α-hetero) is 1. The van der Waals surface area contributed by atoms with Crippen molar-refractivity contribution in [3.8, 4) is 28.4 Å². The van der Waals surface area contributed by atoms with Crippen LogP contribution in [0.15, 0.2) is 84.6 Å². The number of carbonyl (C=O) groups is 1. The Bertz CT molecular complexity index is 1370. The maximum absolute atomic E-state index is 13.0. The molecule has 1 aromatic heterocycles. The van der Waals surface area contributed by atoms with Crippen molar-refractivity contribution in [2.45, 2.75) is 6.42 Å². The molecule has 2 heterocycles. The van der Waals surface area contributed by atoms with E-state index in [0.29, 0.717) is 25.4 Å². The molecule has 0 atom stereocenters. The van der Waals surface area contributed by atoms with Gasteiger partial charge in [0.2, 0.25) is 0 Å². The van der Waals surface area contributed by atoms with Crippen LogP contribution < -0.4 is 9.47 Å². The van der Waals surface area contributed by atoms with Crippen molar-refractivity contribution < 1.29 is 14.3 Å². The predicted octanol–water partition coefficient (Wildman–Crippen LogP) is 5.13. The van der Waals surface area contributed by atoms with Crippen molar-refractivity contribution in [3.63, 3.8) is 0 Å². The zero-order valence-corrected chi connectivity index (χ0v) is 17.3. The molecule has 1 aliphatic heterocycles. The van der Waals surface area contributed by atoms with Crippen molar-refractivity contribution in [2.24, 2.45) is 0 Å². The lowest BCUT2D eigenvalue weighted by Crippen LogP contribution is -2.15. The topological polar surface area (TPSA) is 53.4 Å². The maximum atomic E-state index is 13.0. The van der Waals surface area contributed by atoms with Gasteiger partial charge in [0.05, 0.1) is 5.69 Å². The van der Waals surface area contributed by atoms with E-state index in [2.05, 4.69) is 0 Å². The van der Waals surface area contributed by atoms with Gasteiger partial charge in [-0.25, -0.2) is 4.68 Å². The summed E-state index contributed by atoms with van der Waals surface area (Å²) in [5.41, 5.74) is 6.19. The molecule has 156 valence electrons. The zero-order chi connectivity index (χ0) is 21.5. The van der Waals surface area contributed by atoms with Crippen LogP contribution in [0.3, 0.4) is 0 Å². The van der Waals surface area contributed by atoms with Crippen LogP contribution >= 0.6 is 0 Å². The lowest BCUT2D eigenvalue weighted by Gasteiger charge is -2.18. The summed E-state index contributed by atoms with van der Waals surface area (Å²) in [4.78, 5) is 13.0. The number of ketones is 1. The average Bonchev–Trinajstić information content (AvgIpc) is 3.41. The fourth-order valence-electron chi connectivity index (χ4n) is 4.28. The van der Waals surface area contributed by atoms with Gasteiger partial charge in [0, 0.05) is 34.9 Å². The van der Waals surface area contributed by atoms with E-state index in [1.807, 2.05) is 89.8 Å². The van der Waals surface area contributed by atoms with Crippen LogP contribution in [0.4, 0.5) is 0 Å². The largest absolute Gasteiger partial charge is 0.486 e. The molecule has 0 amide bonds. The van der Waals surface area contributed by atoms with E-state index in [0.717, 1.165) is 45.0 Å². The predicted molar refractivity (Wildman–Crippen MR) is 122 cm³/mol.